The summed E-state index contributed by atoms with van der Waals surface area (Å²) in [6, 6.07) is 135. The first kappa shape index (κ1) is 53.9. The van der Waals surface area contributed by atoms with E-state index < -0.39 is 5.41 Å². The first-order valence-corrected chi connectivity index (χ1v) is 32.2. The van der Waals surface area contributed by atoms with E-state index >= 15 is 0 Å². The molecule has 93 heavy (non-hydrogen) atoms. The average molecular weight is 1180 g/mol. The minimum atomic E-state index is -0.536. The lowest BCUT2D eigenvalue weighted by atomic mass is 9.67. The maximum Gasteiger partial charge on any atom is 0.0713 e. The summed E-state index contributed by atoms with van der Waals surface area (Å²) in [6.07, 6.45) is 0. The number of aromatic nitrogens is 2. The van der Waals surface area contributed by atoms with Gasteiger partial charge in [-0.05, 0) is 155 Å². The van der Waals surface area contributed by atoms with Crippen LogP contribution in [0.3, 0.4) is 0 Å². The standard InChI is InChI=1S/C91H60N2/c1-3-22-64(23-4-1)73-28-7-8-29-74(73)66-50-54-71(55-51-66)91(83-36-15-9-32-77(83)78-33-10-16-37-84(78)91)72-27-21-26-68(58-72)63-44-42-61(43-45-63)62-46-48-67(49-47-62)76-31-12-18-39-86(76)93-88-41-20-14-35-80(88)82-60-70(53-57-90(82)93)69-52-56-89-81(59-69)79-34-13-19-40-87(79)92(89)85-38-17-11-30-75(85)65-24-5-2-6-25-65/h1-60H. The maximum absolute atomic E-state index is 2.46. The van der Waals surface area contributed by atoms with Crippen molar-refractivity contribution in [2.24, 2.45) is 0 Å². The number of hydrogen-bond acceptors (Lipinski definition) is 0. The van der Waals surface area contributed by atoms with Crippen LogP contribution in [0.2, 0.25) is 0 Å². The van der Waals surface area contributed by atoms with Gasteiger partial charge in [0.15, 0.2) is 0 Å². The summed E-state index contributed by atoms with van der Waals surface area (Å²) >= 11 is 0. The molecule has 0 radical (unpaired) electrons. The van der Waals surface area contributed by atoms with Crippen molar-refractivity contribution in [3.63, 3.8) is 0 Å². The highest BCUT2D eigenvalue weighted by molar-refractivity contribution is 6.13. The molecule has 0 saturated carbocycles. The zero-order valence-corrected chi connectivity index (χ0v) is 51.0. The van der Waals surface area contributed by atoms with Crippen molar-refractivity contribution >= 4 is 43.6 Å². The number of para-hydroxylation sites is 4. The molecule has 0 saturated heterocycles. The monoisotopic (exact) mass is 1180 g/mol. The Balaban J connectivity index is 0.661. The summed E-state index contributed by atoms with van der Waals surface area (Å²) < 4.78 is 4.90. The number of hydrogen-bond donors (Lipinski definition) is 0. The molecule has 0 bridgehead atoms. The van der Waals surface area contributed by atoms with Gasteiger partial charge in [0.1, 0.15) is 0 Å². The van der Waals surface area contributed by atoms with E-state index in [0.717, 1.165) is 5.69 Å². The van der Waals surface area contributed by atoms with Crippen LogP contribution >= 0.6 is 0 Å². The van der Waals surface area contributed by atoms with Gasteiger partial charge in [0, 0.05) is 32.7 Å². The fourth-order valence-electron chi connectivity index (χ4n) is 15.4. The van der Waals surface area contributed by atoms with Crippen LogP contribution < -0.4 is 0 Å². The maximum atomic E-state index is 2.46. The molecule has 0 amide bonds. The lowest BCUT2D eigenvalue weighted by Gasteiger charge is -2.34. The highest BCUT2D eigenvalue weighted by Crippen LogP contribution is 2.57. The highest BCUT2D eigenvalue weighted by atomic mass is 15.0. The molecule has 17 aromatic rings. The summed E-state index contributed by atoms with van der Waals surface area (Å²) in [6.45, 7) is 0. The van der Waals surface area contributed by atoms with Gasteiger partial charge in [-0.3, -0.25) is 0 Å². The first-order chi connectivity index (χ1) is 46.1. The summed E-state index contributed by atoms with van der Waals surface area (Å²) in [7, 11) is 0. The first-order valence-electron chi connectivity index (χ1n) is 32.2. The third-order valence-corrected chi connectivity index (χ3v) is 19.7. The second-order valence-corrected chi connectivity index (χ2v) is 24.6. The van der Waals surface area contributed by atoms with E-state index in [-0.39, 0.29) is 0 Å². The van der Waals surface area contributed by atoms with Crippen LogP contribution in [0.4, 0.5) is 0 Å². The molecule has 2 nitrogen and oxygen atoms in total. The minimum absolute atomic E-state index is 0.536. The molecule has 2 aromatic heterocycles. The van der Waals surface area contributed by atoms with Gasteiger partial charge in [0.05, 0.1) is 38.9 Å². The van der Waals surface area contributed by atoms with Crippen LogP contribution in [0.5, 0.6) is 0 Å². The van der Waals surface area contributed by atoms with E-state index in [1.54, 1.807) is 0 Å². The third-order valence-electron chi connectivity index (χ3n) is 19.7. The second-order valence-electron chi connectivity index (χ2n) is 24.6. The van der Waals surface area contributed by atoms with E-state index in [2.05, 4.69) is 373 Å². The Morgan fingerprint density at radius 1 is 0.172 bits per heavy atom. The Morgan fingerprint density at radius 3 is 1.00 bits per heavy atom. The number of rotatable bonds is 11. The summed E-state index contributed by atoms with van der Waals surface area (Å²) in [5.74, 6) is 0. The molecule has 2 heterocycles. The quantitative estimate of drug-likeness (QED) is 0.122. The van der Waals surface area contributed by atoms with Crippen LogP contribution in [0.15, 0.2) is 364 Å². The van der Waals surface area contributed by atoms with Crippen LogP contribution in [-0.2, 0) is 5.41 Å². The van der Waals surface area contributed by atoms with Gasteiger partial charge in [0.25, 0.3) is 0 Å². The molecular formula is C91H60N2. The van der Waals surface area contributed by atoms with Gasteiger partial charge in [0.2, 0.25) is 0 Å². The Kier molecular flexibility index (Phi) is 12.8. The van der Waals surface area contributed by atoms with Crippen molar-refractivity contribution in [1.29, 1.82) is 0 Å². The Morgan fingerprint density at radius 2 is 0.495 bits per heavy atom. The van der Waals surface area contributed by atoms with Crippen molar-refractivity contribution in [3.05, 3.63) is 386 Å². The summed E-state index contributed by atoms with van der Waals surface area (Å²) in [5, 5.41) is 4.93. The molecule has 0 N–H and O–H groups in total. The van der Waals surface area contributed by atoms with E-state index in [1.165, 1.54) is 161 Å². The van der Waals surface area contributed by atoms with Crippen molar-refractivity contribution in [2.75, 3.05) is 0 Å². The Labute approximate surface area is 541 Å². The minimum Gasteiger partial charge on any atom is -0.309 e. The smallest absolute Gasteiger partial charge is 0.0713 e. The van der Waals surface area contributed by atoms with Gasteiger partial charge in [-0.15, -0.1) is 0 Å². The van der Waals surface area contributed by atoms with Crippen LogP contribution in [0.1, 0.15) is 22.3 Å². The molecule has 434 valence electrons. The molecule has 1 aliphatic rings. The van der Waals surface area contributed by atoms with Crippen LogP contribution in [-0.4, -0.2) is 9.13 Å². The van der Waals surface area contributed by atoms with E-state index in [4.69, 9.17) is 0 Å². The lowest BCUT2D eigenvalue weighted by Crippen LogP contribution is -2.28. The zero-order chi connectivity index (χ0) is 61.4. The van der Waals surface area contributed by atoms with E-state index in [9.17, 15) is 0 Å². The molecule has 0 fully saturated rings. The van der Waals surface area contributed by atoms with Crippen LogP contribution in [0.25, 0.3) is 144 Å². The predicted molar refractivity (Wildman–Crippen MR) is 390 cm³/mol. The lowest BCUT2D eigenvalue weighted by molar-refractivity contribution is 0.769. The number of nitrogens with zero attached hydrogens (tertiary/aromatic N) is 2. The fraction of sp³-hybridized carbons (Fsp3) is 0.0110. The van der Waals surface area contributed by atoms with Gasteiger partial charge in [-0.1, -0.05) is 309 Å². The highest BCUT2D eigenvalue weighted by Gasteiger charge is 2.46. The second kappa shape index (κ2) is 22.1. The topological polar surface area (TPSA) is 9.86 Å². The van der Waals surface area contributed by atoms with Gasteiger partial charge in [-0.2, -0.15) is 0 Å². The molecule has 1 aliphatic carbocycles. The molecular weight excluding hydrogens is 1120 g/mol. The zero-order valence-electron chi connectivity index (χ0n) is 51.0. The molecule has 18 rings (SSSR count). The largest absolute Gasteiger partial charge is 0.309 e. The van der Waals surface area contributed by atoms with Crippen molar-refractivity contribution < 1.29 is 0 Å². The molecule has 0 aliphatic heterocycles. The normalized spacial score (nSPS) is 12.4. The molecule has 0 unspecified atom stereocenters. The van der Waals surface area contributed by atoms with Gasteiger partial charge >= 0.3 is 0 Å². The predicted octanol–water partition coefficient (Wildman–Crippen LogP) is 23.9. The SMILES string of the molecule is c1ccc(-c2ccccc2-c2ccc(C3(c4cccc(-c5ccc(-c6ccc(-c7ccccc7-n7c8ccccc8c8cc(-c9ccc%10c(c9)c9ccccc9n%10-c9ccccc9-c9ccccc9)ccc87)cc6)cc5)c4)c4ccccc4-c4ccccc43)cc2)cc1. The number of benzene rings is 15. The number of fused-ring (bicyclic) bond motifs is 9. The fourth-order valence-corrected chi connectivity index (χ4v) is 15.4. The summed E-state index contributed by atoms with van der Waals surface area (Å²) in [4.78, 5) is 0. The molecule has 15 aromatic carbocycles. The molecule has 0 spiro atoms. The van der Waals surface area contributed by atoms with Gasteiger partial charge < -0.3 is 9.13 Å². The van der Waals surface area contributed by atoms with Crippen molar-refractivity contribution in [1.82, 2.24) is 9.13 Å². The Bertz CT molecular complexity index is 5670. The van der Waals surface area contributed by atoms with Crippen molar-refractivity contribution in [3.8, 4) is 100 Å². The van der Waals surface area contributed by atoms with Crippen molar-refractivity contribution in [2.45, 2.75) is 5.41 Å². The average Bonchev–Trinajstić information content (AvgIpc) is 1.57. The van der Waals surface area contributed by atoms with E-state index in [1.807, 2.05) is 0 Å². The molecule has 2 heteroatoms. The molecule has 0 atom stereocenters. The third kappa shape index (κ3) is 8.79. The van der Waals surface area contributed by atoms with Crippen LogP contribution in [0, 0.1) is 0 Å². The van der Waals surface area contributed by atoms with Gasteiger partial charge in [-0.25, -0.2) is 0 Å². The summed E-state index contributed by atoms with van der Waals surface area (Å²) in [5.41, 5.74) is 30.9. The van der Waals surface area contributed by atoms with E-state index in [0.29, 0.717) is 0 Å². The Hall–Kier alpha value is -12.1.